The Hall–Kier alpha value is -1.98. The van der Waals surface area contributed by atoms with Gasteiger partial charge in [0.05, 0.1) is 6.07 Å². The molecule has 0 spiro atoms. The first-order chi connectivity index (χ1) is 13.1. The Labute approximate surface area is 162 Å². The van der Waals surface area contributed by atoms with Crippen LogP contribution < -0.4 is 5.32 Å². The van der Waals surface area contributed by atoms with Crippen molar-refractivity contribution < 1.29 is 13.5 Å². The van der Waals surface area contributed by atoms with Crippen LogP contribution in [-0.2, 0) is 11.2 Å². The molecule has 146 valence electrons. The number of rotatable bonds is 7. The summed E-state index contributed by atoms with van der Waals surface area (Å²) in [7, 11) is 0. The second-order valence-corrected chi connectivity index (χ2v) is 7.47. The molecule has 0 radical (unpaired) electrons. The molecule has 5 nitrogen and oxygen atoms in total. The number of anilines is 1. The number of ether oxygens (including phenoxy) is 1. The van der Waals surface area contributed by atoms with Gasteiger partial charge in [-0.25, -0.2) is 8.78 Å². The zero-order valence-electron chi connectivity index (χ0n) is 15.3. The lowest BCUT2D eigenvalue weighted by molar-refractivity contribution is 0.0506. The van der Waals surface area contributed by atoms with Crippen molar-refractivity contribution in [3.8, 4) is 6.07 Å². The predicted octanol–water partition coefficient (Wildman–Crippen LogP) is 4.05. The molecule has 0 saturated carbocycles. The van der Waals surface area contributed by atoms with E-state index in [9.17, 15) is 8.78 Å². The fourth-order valence-corrected chi connectivity index (χ4v) is 4.15. The Morgan fingerprint density at radius 1 is 1.44 bits per heavy atom. The maximum atomic E-state index is 12.8. The van der Waals surface area contributed by atoms with E-state index in [1.54, 1.807) is 11.9 Å². The van der Waals surface area contributed by atoms with Crippen LogP contribution in [0.5, 0.6) is 0 Å². The third-order valence-electron chi connectivity index (χ3n) is 4.91. The van der Waals surface area contributed by atoms with Gasteiger partial charge in [0.2, 0.25) is 0 Å². The molecule has 8 heteroatoms. The molecule has 0 aromatic carbocycles. The molecule has 27 heavy (non-hydrogen) atoms. The van der Waals surface area contributed by atoms with Crippen LogP contribution in [0.2, 0.25) is 0 Å². The molecule has 0 unspecified atom stereocenters. The maximum Gasteiger partial charge on any atom is 0.272 e. The smallest absolute Gasteiger partial charge is 0.272 e. The number of H-pyrrole nitrogens is 1. The van der Waals surface area contributed by atoms with E-state index >= 15 is 0 Å². The van der Waals surface area contributed by atoms with Crippen LogP contribution in [0, 0.1) is 17.2 Å². The zero-order valence-corrected chi connectivity index (χ0v) is 16.1. The first kappa shape index (κ1) is 19.8. The van der Waals surface area contributed by atoms with Crippen LogP contribution in [0.15, 0.2) is 23.5 Å². The number of nitrogens with zero attached hydrogens (tertiary/aromatic N) is 2. The molecule has 2 aliphatic rings. The zero-order chi connectivity index (χ0) is 19.2. The van der Waals surface area contributed by atoms with Crippen molar-refractivity contribution in [1.82, 2.24) is 9.29 Å². The Morgan fingerprint density at radius 3 is 2.89 bits per heavy atom. The number of nitrogens with one attached hydrogen (secondary N) is 2. The first-order valence-corrected chi connectivity index (χ1v) is 10.2. The van der Waals surface area contributed by atoms with Gasteiger partial charge in [0.25, 0.3) is 6.43 Å². The SMILES string of the molecule is CSN1CCC(C2=CCc3[nH]c(NCC#N)cc3C=C2OCC(F)F)CC1. The van der Waals surface area contributed by atoms with Crippen LogP contribution in [0.1, 0.15) is 24.1 Å². The average molecular weight is 394 g/mol. The lowest BCUT2D eigenvalue weighted by Gasteiger charge is -2.32. The minimum Gasteiger partial charge on any atom is -0.487 e. The lowest BCUT2D eigenvalue weighted by atomic mass is 9.88. The molecule has 1 saturated heterocycles. The van der Waals surface area contributed by atoms with Gasteiger partial charge < -0.3 is 15.0 Å². The molecule has 0 amide bonds. The summed E-state index contributed by atoms with van der Waals surface area (Å²) in [6, 6.07) is 3.93. The second kappa shape index (κ2) is 9.29. The highest BCUT2D eigenvalue weighted by atomic mass is 32.2. The normalized spacial score (nSPS) is 18.3. The largest absolute Gasteiger partial charge is 0.487 e. The van der Waals surface area contributed by atoms with E-state index < -0.39 is 13.0 Å². The molecule has 0 bridgehead atoms. The molecule has 1 aliphatic heterocycles. The van der Waals surface area contributed by atoms with E-state index in [1.807, 2.05) is 18.2 Å². The average Bonchev–Trinajstić information content (AvgIpc) is 2.98. The number of allylic oxidation sites excluding steroid dienone is 2. The number of aromatic amines is 1. The third kappa shape index (κ3) is 5.05. The number of fused-ring (bicyclic) bond motifs is 1. The number of alkyl halides is 2. The Bertz CT molecular complexity index is 745. The summed E-state index contributed by atoms with van der Waals surface area (Å²) in [6.07, 6.45) is 6.19. The highest BCUT2D eigenvalue weighted by molar-refractivity contribution is 7.96. The highest BCUT2D eigenvalue weighted by Crippen LogP contribution is 2.35. The summed E-state index contributed by atoms with van der Waals surface area (Å²) >= 11 is 1.75. The van der Waals surface area contributed by atoms with E-state index in [-0.39, 0.29) is 6.54 Å². The molecule has 1 aliphatic carbocycles. The standard InChI is InChI=1S/C19H24F2N4OS/c1-27-25-8-4-13(5-9-25)15-2-3-16-14(10-17(15)26-12-18(20)21)11-19(24-16)23-7-6-22/h2,10-11,13,18,23-24H,3-5,7-9,12H2,1H3. The van der Waals surface area contributed by atoms with Gasteiger partial charge in [0, 0.05) is 30.8 Å². The van der Waals surface area contributed by atoms with Gasteiger partial charge in [0.15, 0.2) is 0 Å². The summed E-state index contributed by atoms with van der Waals surface area (Å²) in [6.45, 7) is 1.57. The molecular weight excluding hydrogens is 370 g/mol. The second-order valence-electron chi connectivity index (χ2n) is 6.59. The maximum absolute atomic E-state index is 12.8. The van der Waals surface area contributed by atoms with Crippen LogP contribution in [0.25, 0.3) is 6.08 Å². The van der Waals surface area contributed by atoms with Gasteiger partial charge in [-0.15, -0.1) is 0 Å². The van der Waals surface area contributed by atoms with E-state index in [4.69, 9.17) is 10.00 Å². The topological polar surface area (TPSA) is 64.1 Å². The van der Waals surface area contributed by atoms with Crippen LogP contribution in [0.3, 0.4) is 0 Å². The Morgan fingerprint density at radius 2 is 2.22 bits per heavy atom. The number of aromatic nitrogens is 1. The van der Waals surface area contributed by atoms with Gasteiger partial charge in [0.1, 0.15) is 24.7 Å². The molecule has 3 rings (SSSR count). The summed E-state index contributed by atoms with van der Waals surface area (Å²) in [5.74, 6) is 1.61. The minimum atomic E-state index is -2.51. The Balaban J connectivity index is 1.82. The Kier molecular flexibility index (Phi) is 6.80. The fraction of sp³-hybridized carbons (Fsp3) is 0.526. The van der Waals surface area contributed by atoms with Crippen molar-refractivity contribution in [1.29, 1.82) is 5.26 Å². The summed E-state index contributed by atoms with van der Waals surface area (Å²) in [4.78, 5) is 3.27. The van der Waals surface area contributed by atoms with E-state index in [0.29, 0.717) is 18.1 Å². The summed E-state index contributed by atoms with van der Waals surface area (Å²) in [5.41, 5.74) is 2.94. The number of hydrogen-bond acceptors (Lipinski definition) is 5. The van der Waals surface area contributed by atoms with Crippen molar-refractivity contribution in [2.24, 2.45) is 5.92 Å². The van der Waals surface area contributed by atoms with Gasteiger partial charge >= 0.3 is 0 Å². The fourth-order valence-electron chi connectivity index (χ4n) is 3.57. The summed E-state index contributed by atoms with van der Waals surface area (Å²) in [5, 5.41) is 11.7. The minimum absolute atomic E-state index is 0.201. The monoisotopic (exact) mass is 394 g/mol. The van der Waals surface area contributed by atoms with Gasteiger partial charge in [-0.1, -0.05) is 18.0 Å². The summed E-state index contributed by atoms with van der Waals surface area (Å²) < 4.78 is 33.4. The molecule has 1 aromatic rings. The van der Waals surface area contributed by atoms with E-state index in [2.05, 4.69) is 26.9 Å². The number of hydrogen-bond donors (Lipinski definition) is 2. The van der Waals surface area contributed by atoms with Crippen molar-refractivity contribution in [2.45, 2.75) is 25.7 Å². The van der Waals surface area contributed by atoms with Crippen LogP contribution in [-0.4, -0.2) is 48.2 Å². The third-order valence-corrected chi connectivity index (χ3v) is 5.79. The van der Waals surface area contributed by atoms with E-state index in [1.165, 1.54) is 0 Å². The van der Waals surface area contributed by atoms with Crippen LogP contribution in [0.4, 0.5) is 14.6 Å². The predicted molar refractivity (Wildman–Crippen MR) is 104 cm³/mol. The number of nitriles is 1. The molecule has 0 atom stereocenters. The van der Waals surface area contributed by atoms with Crippen molar-refractivity contribution in [3.63, 3.8) is 0 Å². The van der Waals surface area contributed by atoms with E-state index in [0.717, 1.165) is 48.6 Å². The van der Waals surface area contributed by atoms with Crippen LogP contribution >= 0.6 is 11.9 Å². The molecular formula is C19H24F2N4OS. The van der Waals surface area contributed by atoms with Gasteiger partial charge in [-0.3, -0.25) is 4.31 Å². The molecule has 1 fully saturated rings. The molecule has 2 heterocycles. The number of piperidine rings is 1. The quantitative estimate of drug-likeness (QED) is 0.540. The van der Waals surface area contributed by atoms with Gasteiger partial charge in [-0.05, 0) is 42.7 Å². The number of halogens is 2. The van der Waals surface area contributed by atoms with Crippen molar-refractivity contribution >= 4 is 23.8 Å². The molecule has 1 aromatic heterocycles. The lowest BCUT2D eigenvalue weighted by Crippen LogP contribution is -2.29. The van der Waals surface area contributed by atoms with Crippen molar-refractivity contribution in [2.75, 3.05) is 37.8 Å². The first-order valence-electron chi connectivity index (χ1n) is 9.05. The van der Waals surface area contributed by atoms with Crippen molar-refractivity contribution in [3.05, 3.63) is 34.7 Å². The highest BCUT2D eigenvalue weighted by Gasteiger charge is 2.27. The van der Waals surface area contributed by atoms with Gasteiger partial charge in [-0.2, -0.15) is 5.26 Å². The molecule has 2 N–H and O–H groups in total.